The van der Waals surface area contributed by atoms with E-state index in [4.69, 9.17) is 16.3 Å². The molecule has 6 rings (SSSR count). The number of halogens is 2. The Balaban J connectivity index is 1.19. The molecule has 2 aromatic carbocycles. The quantitative estimate of drug-likeness (QED) is 0.255. The van der Waals surface area contributed by atoms with Gasteiger partial charge in [-0.2, -0.15) is 0 Å². The van der Waals surface area contributed by atoms with Crippen LogP contribution in [0.4, 0.5) is 10.1 Å². The van der Waals surface area contributed by atoms with E-state index in [1.54, 1.807) is 18.3 Å². The van der Waals surface area contributed by atoms with Gasteiger partial charge < -0.3 is 15.2 Å². The number of nitrogens with zero attached hydrogens (tertiary/aromatic N) is 1. The molecule has 0 radical (unpaired) electrons. The fourth-order valence-corrected chi connectivity index (χ4v) is 8.48. The summed E-state index contributed by atoms with van der Waals surface area (Å²) in [5, 5.41) is 14.4. The Morgan fingerprint density at radius 1 is 1.14 bits per heavy atom. The van der Waals surface area contributed by atoms with E-state index in [2.05, 4.69) is 48.4 Å². The van der Waals surface area contributed by atoms with E-state index in [-0.39, 0.29) is 17.3 Å². The molecule has 1 saturated carbocycles. The summed E-state index contributed by atoms with van der Waals surface area (Å²) in [4.78, 5) is 17.1. The van der Waals surface area contributed by atoms with Crippen molar-refractivity contribution in [1.29, 1.82) is 0 Å². The van der Waals surface area contributed by atoms with Gasteiger partial charge in [0.1, 0.15) is 17.5 Å². The van der Waals surface area contributed by atoms with Gasteiger partial charge in [-0.05, 0) is 116 Å². The Morgan fingerprint density at radius 3 is 2.67 bits per heavy atom. The van der Waals surface area contributed by atoms with Crippen molar-refractivity contribution in [1.82, 2.24) is 4.98 Å². The summed E-state index contributed by atoms with van der Waals surface area (Å²) < 4.78 is 21.2. The van der Waals surface area contributed by atoms with Crippen LogP contribution in [0.1, 0.15) is 99.7 Å². The van der Waals surface area contributed by atoms with Crippen LogP contribution in [0.3, 0.4) is 0 Å². The molecule has 3 aromatic rings. The highest BCUT2D eigenvalue weighted by atomic mass is 35.5. The molecule has 0 saturated heterocycles. The Labute approximate surface area is 259 Å². The number of aromatic nitrogens is 1. The molecular formula is C36H42ClFN2O3. The number of alkyl halides is 1. The van der Waals surface area contributed by atoms with Crippen LogP contribution in [-0.4, -0.2) is 28.2 Å². The predicted octanol–water partition coefficient (Wildman–Crippen LogP) is 9.06. The lowest BCUT2D eigenvalue weighted by atomic mass is 9.59. The zero-order valence-electron chi connectivity index (χ0n) is 25.1. The minimum atomic E-state index is -1.03. The number of anilines is 1. The average molecular weight is 605 g/mol. The lowest BCUT2D eigenvalue weighted by molar-refractivity contribution is -0.144. The number of rotatable bonds is 9. The number of carboxylic acid groups (broad SMARTS) is 1. The standard InChI is InChI=1S/C36H42ClFN2O3/c1-3-24-11-12-30(38)33-32(24)31(13-18-39-33)43-22-23(2)19-26-20-25-7-4-5-10-29(25)35(26)14-16-36(17-15-35,34(41)42)40-28-9-6-8-27(37)21-28/h4-10,13,18,21,23-24,26,30,40H,3,11-12,14-17,19-20,22H2,1-2H3,(H,41,42)/t23-,24+,26?,30+,35?,36?/m1/s1. The molecule has 1 fully saturated rings. The van der Waals surface area contributed by atoms with E-state index in [9.17, 15) is 14.3 Å². The molecule has 228 valence electrons. The second-order valence-electron chi connectivity index (χ2n) is 13.1. The van der Waals surface area contributed by atoms with Crippen LogP contribution < -0.4 is 10.1 Å². The van der Waals surface area contributed by atoms with E-state index in [1.807, 2.05) is 18.2 Å². The van der Waals surface area contributed by atoms with Gasteiger partial charge in [0.05, 0.1) is 12.3 Å². The van der Waals surface area contributed by atoms with Crippen molar-refractivity contribution in [3.05, 3.63) is 88.2 Å². The van der Waals surface area contributed by atoms with E-state index >= 15 is 0 Å². The molecule has 0 amide bonds. The van der Waals surface area contributed by atoms with Crippen LogP contribution in [-0.2, 0) is 16.6 Å². The van der Waals surface area contributed by atoms with Crippen LogP contribution in [0, 0.1) is 11.8 Å². The highest BCUT2D eigenvalue weighted by Crippen LogP contribution is 2.56. The summed E-state index contributed by atoms with van der Waals surface area (Å²) in [5.74, 6) is 0.929. The molecule has 43 heavy (non-hydrogen) atoms. The Bertz CT molecular complexity index is 1470. The second-order valence-corrected chi connectivity index (χ2v) is 13.6. The zero-order chi connectivity index (χ0) is 30.2. The highest BCUT2D eigenvalue weighted by molar-refractivity contribution is 6.30. The van der Waals surface area contributed by atoms with Crippen LogP contribution in [0.2, 0.25) is 5.02 Å². The van der Waals surface area contributed by atoms with Crippen LogP contribution in [0.15, 0.2) is 60.8 Å². The summed E-state index contributed by atoms with van der Waals surface area (Å²) in [6.07, 6.45) is 7.62. The number of nitrogens with one attached hydrogen (secondary N) is 1. The number of carboxylic acids is 1. The molecular weight excluding hydrogens is 563 g/mol. The third-order valence-electron chi connectivity index (χ3n) is 10.6. The molecule has 5 nitrogen and oxygen atoms in total. The molecule has 2 N–H and O–H groups in total. The molecule has 4 atom stereocenters. The maximum absolute atomic E-state index is 14.7. The van der Waals surface area contributed by atoms with Gasteiger partial charge >= 0.3 is 5.97 Å². The maximum atomic E-state index is 14.7. The van der Waals surface area contributed by atoms with Crippen molar-refractivity contribution in [2.45, 2.75) is 94.7 Å². The topological polar surface area (TPSA) is 71.5 Å². The van der Waals surface area contributed by atoms with Gasteiger partial charge in [0.15, 0.2) is 0 Å². The average Bonchev–Trinajstić information content (AvgIpc) is 3.29. The van der Waals surface area contributed by atoms with Crippen molar-refractivity contribution in [3.63, 3.8) is 0 Å². The van der Waals surface area contributed by atoms with Crippen molar-refractivity contribution < 1.29 is 19.0 Å². The third-order valence-corrected chi connectivity index (χ3v) is 10.8. The smallest absolute Gasteiger partial charge is 0.329 e. The Hall–Kier alpha value is -3.12. The lowest BCUT2D eigenvalue weighted by Crippen LogP contribution is -2.53. The molecule has 0 bridgehead atoms. The van der Waals surface area contributed by atoms with Crippen molar-refractivity contribution in [2.24, 2.45) is 11.8 Å². The number of carbonyl (C=O) groups is 1. The number of hydrogen-bond donors (Lipinski definition) is 2. The predicted molar refractivity (Wildman–Crippen MR) is 169 cm³/mol. The fourth-order valence-electron chi connectivity index (χ4n) is 8.29. The van der Waals surface area contributed by atoms with Gasteiger partial charge in [0.2, 0.25) is 0 Å². The highest BCUT2D eigenvalue weighted by Gasteiger charge is 2.54. The van der Waals surface area contributed by atoms with Gasteiger partial charge in [0, 0.05) is 22.5 Å². The Morgan fingerprint density at radius 2 is 1.93 bits per heavy atom. The SMILES string of the molecule is CC[C@H]1CC[C@H](F)c2nccc(OC[C@H](C)CC3Cc4ccccc4C34CCC(Nc3cccc(Cl)c3)(C(=O)O)CC4)c21. The summed E-state index contributed by atoms with van der Waals surface area (Å²) in [6, 6.07) is 17.9. The first-order valence-electron chi connectivity index (χ1n) is 15.9. The van der Waals surface area contributed by atoms with E-state index < -0.39 is 17.7 Å². The summed E-state index contributed by atoms with van der Waals surface area (Å²) in [5.41, 5.74) is 3.94. The second kappa shape index (κ2) is 12.1. The van der Waals surface area contributed by atoms with Gasteiger partial charge in [0.25, 0.3) is 0 Å². The van der Waals surface area contributed by atoms with Gasteiger partial charge in [-0.25, -0.2) is 9.18 Å². The summed E-state index contributed by atoms with van der Waals surface area (Å²) >= 11 is 6.21. The molecule has 1 spiro atoms. The third kappa shape index (κ3) is 5.63. The molecule has 3 aliphatic carbocycles. The van der Waals surface area contributed by atoms with Crippen LogP contribution in [0.5, 0.6) is 5.75 Å². The largest absolute Gasteiger partial charge is 0.493 e. The van der Waals surface area contributed by atoms with Crippen LogP contribution in [0.25, 0.3) is 0 Å². The number of pyridine rings is 1. The van der Waals surface area contributed by atoms with Crippen molar-refractivity contribution >= 4 is 23.3 Å². The number of hydrogen-bond acceptors (Lipinski definition) is 4. The van der Waals surface area contributed by atoms with E-state index in [0.29, 0.717) is 42.5 Å². The fraction of sp³-hybridized carbons (Fsp3) is 0.500. The molecule has 1 unspecified atom stereocenters. The summed E-state index contributed by atoms with van der Waals surface area (Å²) in [6.45, 7) is 4.95. The van der Waals surface area contributed by atoms with Gasteiger partial charge in [-0.1, -0.05) is 55.8 Å². The molecule has 7 heteroatoms. The van der Waals surface area contributed by atoms with Crippen LogP contribution >= 0.6 is 11.6 Å². The Kier molecular flexibility index (Phi) is 8.43. The first-order valence-corrected chi connectivity index (χ1v) is 16.2. The molecule has 1 aromatic heterocycles. The van der Waals surface area contributed by atoms with E-state index in [0.717, 1.165) is 55.5 Å². The lowest BCUT2D eigenvalue weighted by Gasteiger charge is -2.47. The monoisotopic (exact) mass is 604 g/mol. The first kappa shape index (κ1) is 29.9. The minimum Gasteiger partial charge on any atom is -0.493 e. The number of ether oxygens (including phenoxy) is 1. The molecule has 3 aliphatic rings. The number of fused-ring (bicyclic) bond motifs is 3. The van der Waals surface area contributed by atoms with Gasteiger partial charge in [-0.15, -0.1) is 0 Å². The molecule has 1 heterocycles. The number of aliphatic carboxylic acids is 1. The van der Waals surface area contributed by atoms with Crippen molar-refractivity contribution in [3.8, 4) is 5.75 Å². The van der Waals surface area contributed by atoms with Gasteiger partial charge in [-0.3, -0.25) is 4.98 Å². The minimum absolute atomic E-state index is 0.0651. The normalized spacial score (nSPS) is 28.6. The van der Waals surface area contributed by atoms with Crippen molar-refractivity contribution in [2.75, 3.05) is 11.9 Å². The van der Waals surface area contributed by atoms with E-state index in [1.165, 1.54) is 11.1 Å². The first-order chi connectivity index (χ1) is 20.7. The zero-order valence-corrected chi connectivity index (χ0v) is 25.9. The maximum Gasteiger partial charge on any atom is 0.329 e. The molecule has 0 aliphatic heterocycles. The number of benzene rings is 2. The summed E-state index contributed by atoms with van der Waals surface area (Å²) in [7, 11) is 0.